The van der Waals surface area contributed by atoms with Gasteiger partial charge in [0.25, 0.3) is 0 Å². The summed E-state index contributed by atoms with van der Waals surface area (Å²) in [6.07, 6.45) is 0. The summed E-state index contributed by atoms with van der Waals surface area (Å²) in [4.78, 5) is 0. The summed E-state index contributed by atoms with van der Waals surface area (Å²) < 4.78 is 5.63. The number of rotatable bonds is 4. The van der Waals surface area contributed by atoms with Crippen LogP contribution < -0.4 is 0 Å². The number of benzene rings is 1. The molecule has 0 saturated carbocycles. The van der Waals surface area contributed by atoms with E-state index in [1.165, 1.54) is 5.56 Å². The quantitative estimate of drug-likeness (QED) is 0.681. The lowest BCUT2D eigenvalue weighted by Crippen LogP contribution is -2.16. The summed E-state index contributed by atoms with van der Waals surface area (Å²) in [6, 6.07) is 10.2. The van der Waals surface area contributed by atoms with Gasteiger partial charge in [-0.1, -0.05) is 36.3 Å². The summed E-state index contributed by atoms with van der Waals surface area (Å²) in [6.45, 7) is 7.38. The molecule has 0 radical (unpaired) electrons. The zero-order valence-corrected chi connectivity index (χ0v) is 9.71. The average molecular weight is 202 g/mol. The molecular formula is C14H18O. The Hall–Kier alpha value is -1.26. The molecule has 0 aliphatic carbocycles. The molecule has 0 atom stereocenters. The highest BCUT2D eigenvalue weighted by Gasteiger charge is 2.13. The summed E-state index contributed by atoms with van der Waals surface area (Å²) >= 11 is 0. The standard InChI is InChI=1S/C14H18O/c1-4-10-14(2,3)12-15-11-13-8-6-5-7-9-13/h5-9H,11-12H2,1-3H3. The Morgan fingerprint density at radius 3 is 2.47 bits per heavy atom. The molecule has 0 amide bonds. The van der Waals surface area contributed by atoms with Gasteiger partial charge in [0.2, 0.25) is 0 Å². The van der Waals surface area contributed by atoms with Crippen LogP contribution in [0, 0.1) is 17.3 Å². The van der Waals surface area contributed by atoms with Crippen molar-refractivity contribution in [3.63, 3.8) is 0 Å². The Kier molecular flexibility index (Phi) is 4.39. The molecular weight excluding hydrogens is 184 g/mol. The van der Waals surface area contributed by atoms with Crippen molar-refractivity contribution in [2.24, 2.45) is 5.41 Å². The van der Waals surface area contributed by atoms with Crippen molar-refractivity contribution < 1.29 is 4.74 Å². The van der Waals surface area contributed by atoms with Crippen LogP contribution in [0.25, 0.3) is 0 Å². The Balaban J connectivity index is 2.36. The molecule has 0 heterocycles. The number of hydrogen-bond acceptors (Lipinski definition) is 1. The van der Waals surface area contributed by atoms with Crippen LogP contribution >= 0.6 is 0 Å². The van der Waals surface area contributed by atoms with Crippen molar-refractivity contribution in [2.45, 2.75) is 27.4 Å². The third-order valence-electron chi connectivity index (χ3n) is 2.04. The Labute approximate surface area is 92.5 Å². The molecule has 0 aliphatic heterocycles. The second kappa shape index (κ2) is 5.58. The minimum atomic E-state index is -0.0521. The minimum Gasteiger partial charge on any atom is -0.375 e. The molecule has 15 heavy (non-hydrogen) atoms. The van der Waals surface area contributed by atoms with Gasteiger partial charge in [0.05, 0.1) is 13.2 Å². The first-order valence-corrected chi connectivity index (χ1v) is 5.20. The van der Waals surface area contributed by atoms with Crippen LogP contribution in [0.1, 0.15) is 26.3 Å². The highest BCUT2D eigenvalue weighted by Crippen LogP contribution is 2.14. The molecule has 0 bridgehead atoms. The SMILES string of the molecule is CC#CC(C)(C)COCc1ccccc1. The molecule has 0 spiro atoms. The Morgan fingerprint density at radius 2 is 1.87 bits per heavy atom. The third kappa shape index (κ3) is 4.67. The fourth-order valence-corrected chi connectivity index (χ4v) is 1.37. The van der Waals surface area contributed by atoms with Gasteiger partial charge >= 0.3 is 0 Å². The van der Waals surface area contributed by atoms with Crippen LogP contribution in [0.2, 0.25) is 0 Å². The van der Waals surface area contributed by atoms with E-state index in [2.05, 4.69) is 37.8 Å². The molecule has 1 aromatic rings. The predicted octanol–water partition coefficient (Wildman–Crippen LogP) is 3.25. The van der Waals surface area contributed by atoms with E-state index in [4.69, 9.17) is 4.74 Å². The van der Waals surface area contributed by atoms with Crippen LogP contribution in [-0.4, -0.2) is 6.61 Å². The summed E-state index contributed by atoms with van der Waals surface area (Å²) in [5.41, 5.74) is 1.15. The van der Waals surface area contributed by atoms with E-state index in [-0.39, 0.29) is 5.41 Å². The van der Waals surface area contributed by atoms with E-state index < -0.39 is 0 Å². The molecule has 0 fully saturated rings. The average Bonchev–Trinajstić information content (AvgIpc) is 2.19. The number of ether oxygens (including phenoxy) is 1. The van der Waals surface area contributed by atoms with E-state index in [1.807, 2.05) is 25.1 Å². The maximum atomic E-state index is 5.63. The normalized spacial score (nSPS) is 10.6. The van der Waals surface area contributed by atoms with E-state index in [9.17, 15) is 0 Å². The third-order valence-corrected chi connectivity index (χ3v) is 2.04. The van der Waals surface area contributed by atoms with Crippen molar-refractivity contribution in [1.82, 2.24) is 0 Å². The van der Waals surface area contributed by atoms with Gasteiger partial charge in [-0.3, -0.25) is 0 Å². The molecule has 80 valence electrons. The first kappa shape index (κ1) is 11.8. The van der Waals surface area contributed by atoms with Crippen LogP contribution in [0.4, 0.5) is 0 Å². The smallest absolute Gasteiger partial charge is 0.0717 e. The van der Waals surface area contributed by atoms with Crippen molar-refractivity contribution in [1.29, 1.82) is 0 Å². The zero-order valence-electron chi connectivity index (χ0n) is 9.71. The Morgan fingerprint density at radius 1 is 1.20 bits per heavy atom. The highest BCUT2D eigenvalue weighted by molar-refractivity contribution is 5.13. The summed E-state index contributed by atoms with van der Waals surface area (Å²) in [7, 11) is 0. The van der Waals surface area contributed by atoms with Gasteiger partial charge in [0.1, 0.15) is 0 Å². The lowest BCUT2D eigenvalue weighted by Gasteiger charge is -2.17. The molecule has 1 aromatic carbocycles. The van der Waals surface area contributed by atoms with Gasteiger partial charge in [-0.05, 0) is 26.3 Å². The molecule has 0 saturated heterocycles. The fourth-order valence-electron chi connectivity index (χ4n) is 1.37. The van der Waals surface area contributed by atoms with Gasteiger partial charge < -0.3 is 4.74 Å². The van der Waals surface area contributed by atoms with Gasteiger partial charge in [-0.2, -0.15) is 0 Å². The van der Waals surface area contributed by atoms with Crippen LogP contribution in [-0.2, 0) is 11.3 Å². The van der Waals surface area contributed by atoms with Gasteiger partial charge in [-0.15, -0.1) is 5.92 Å². The van der Waals surface area contributed by atoms with E-state index in [1.54, 1.807) is 0 Å². The van der Waals surface area contributed by atoms with Crippen LogP contribution in [0.5, 0.6) is 0 Å². The van der Waals surface area contributed by atoms with Crippen molar-refractivity contribution >= 4 is 0 Å². The maximum absolute atomic E-state index is 5.63. The molecule has 0 aromatic heterocycles. The van der Waals surface area contributed by atoms with Crippen LogP contribution in [0.15, 0.2) is 30.3 Å². The fraction of sp³-hybridized carbons (Fsp3) is 0.429. The van der Waals surface area contributed by atoms with E-state index >= 15 is 0 Å². The van der Waals surface area contributed by atoms with E-state index in [0.717, 1.165) is 0 Å². The van der Waals surface area contributed by atoms with Crippen molar-refractivity contribution in [2.75, 3.05) is 6.61 Å². The molecule has 1 heteroatoms. The van der Waals surface area contributed by atoms with Gasteiger partial charge in [0.15, 0.2) is 0 Å². The molecule has 0 unspecified atom stereocenters. The second-order valence-corrected chi connectivity index (χ2v) is 4.24. The van der Waals surface area contributed by atoms with Crippen LogP contribution in [0.3, 0.4) is 0 Å². The lowest BCUT2D eigenvalue weighted by atomic mass is 9.96. The predicted molar refractivity (Wildman–Crippen MR) is 63.3 cm³/mol. The summed E-state index contributed by atoms with van der Waals surface area (Å²) in [5.74, 6) is 6.06. The minimum absolute atomic E-state index is 0.0521. The highest BCUT2D eigenvalue weighted by atomic mass is 16.5. The first-order chi connectivity index (χ1) is 7.14. The Bertz CT molecular complexity index is 341. The first-order valence-electron chi connectivity index (χ1n) is 5.20. The second-order valence-electron chi connectivity index (χ2n) is 4.24. The maximum Gasteiger partial charge on any atom is 0.0717 e. The summed E-state index contributed by atoms with van der Waals surface area (Å²) in [5, 5.41) is 0. The van der Waals surface area contributed by atoms with Gasteiger partial charge in [-0.25, -0.2) is 0 Å². The topological polar surface area (TPSA) is 9.23 Å². The molecule has 1 nitrogen and oxygen atoms in total. The molecule has 1 rings (SSSR count). The largest absolute Gasteiger partial charge is 0.375 e. The monoisotopic (exact) mass is 202 g/mol. The number of hydrogen-bond donors (Lipinski definition) is 0. The van der Waals surface area contributed by atoms with Crippen molar-refractivity contribution in [3.05, 3.63) is 35.9 Å². The molecule has 0 N–H and O–H groups in total. The van der Waals surface area contributed by atoms with Crippen molar-refractivity contribution in [3.8, 4) is 11.8 Å². The lowest BCUT2D eigenvalue weighted by molar-refractivity contribution is 0.0753. The van der Waals surface area contributed by atoms with Gasteiger partial charge in [0, 0.05) is 5.41 Å². The molecule has 0 aliphatic rings. The van der Waals surface area contributed by atoms with E-state index in [0.29, 0.717) is 13.2 Å². The zero-order chi connectivity index (χ0) is 11.1.